The lowest BCUT2D eigenvalue weighted by Gasteiger charge is -2.14. The zero-order valence-electron chi connectivity index (χ0n) is 17.9. The minimum atomic E-state index is -0.457. The third-order valence-electron chi connectivity index (χ3n) is 5.63. The van der Waals surface area contributed by atoms with Gasteiger partial charge in [-0.3, -0.25) is 14.3 Å². The summed E-state index contributed by atoms with van der Waals surface area (Å²) < 4.78 is 6.95. The minimum Gasteiger partial charge on any atom is -0.449 e. The molecule has 0 fully saturated rings. The molecule has 0 radical (unpaired) electrons. The molecule has 166 valence electrons. The maximum Gasteiger partial charge on any atom is 0.407 e. The van der Waals surface area contributed by atoms with Crippen LogP contribution in [0.25, 0.3) is 11.1 Å². The smallest absolute Gasteiger partial charge is 0.407 e. The Hall–Kier alpha value is -3.65. The third-order valence-corrected chi connectivity index (χ3v) is 5.63. The van der Waals surface area contributed by atoms with Crippen LogP contribution in [-0.4, -0.2) is 41.9 Å². The van der Waals surface area contributed by atoms with Crippen LogP contribution in [0.15, 0.2) is 64.3 Å². The minimum absolute atomic E-state index is 0.0327. The van der Waals surface area contributed by atoms with Gasteiger partial charge in [0.2, 0.25) is 0 Å². The van der Waals surface area contributed by atoms with Crippen LogP contribution in [0.1, 0.15) is 22.6 Å². The van der Waals surface area contributed by atoms with Gasteiger partial charge < -0.3 is 15.4 Å². The summed E-state index contributed by atoms with van der Waals surface area (Å²) in [7, 11) is 0. The van der Waals surface area contributed by atoms with Gasteiger partial charge in [-0.05, 0) is 29.2 Å². The van der Waals surface area contributed by atoms with Crippen molar-refractivity contribution in [3.8, 4) is 11.1 Å². The molecule has 0 saturated carbocycles. The Balaban J connectivity index is 1.20. The zero-order valence-corrected chi connectivity index (χ0v) is 17.9. The quantitative estimate of drug-likeness (QED) is 0.470. The van der Waals surface area contributed by atoms with Gasteiger partial charge in [-0.1, -0.05) is 48.5 Å². The van der Waals surface area contributed by atoms with Crippen LogP contribution in [0.2, 0.25) is 0 Å². The average molecular weight is 434 g/mol. The molecule has 4 rings (SSSR count). The van der Waals surface area contributed by atoms with E-state index in [0.29, 0.717) is 31.7 Å². The number of aromatic nitrogens is 2. The standard InChI is InChI=1S/C24H26N4O4/c1-16-14-28(23(30)27-22(16)29)13-12-25-10-11-26-24(31)32-15-21-19-8-4-2-6-17(19)18-7-3-5-9-20(18)21/h2-9,14,21,25H,10-13,15H2,1H3,(H,26,31)(H,27,29,30). The number of ether oxygens (including phenoxy) is 1. The van der Waals surface area contributed by atoms with Crippen LogP contribution < -0.4 is 21.9 Å². The van der Waals surface area contributed by atoms with Gasteiger partial charge in [0.05, 0.1) is 0 Å². The Kier molecular flexibility index (Phi) is 6.51. The second-order valence-electron chi connectivity index (χ2n) is 7.77. The number of hydrogen-bond donors (Lipinski definition) is 3. The summed E-state index contributed by atoms with van der Waals surface area (Å²) >= 11 is 0. The highest BCUT2D eigenvalue weighted by molar-refractivity contribution is 5.79. The number of alkyl carbamates (subject to hydrolysis) is 1. The Morgan fingerprint density at radius 2 is 1.66 bits per heavy atom. The lowest BCUT2D eigenvalue weighted by molar-refractivity contribution is 0.143. The van der Waals surface area contributed by atoms with Gasteiger partial charge >= 0.3 is 11.8 Å². The molecule has 0 atom stereocenters. The molecule has 1 aromatic heterocycles. The average Bonchev–Trinajstić information content (AvgIpc) is 3.11. The highest BCUT2D eigenvalue weighted by atomic mass is 16.5. The zero-order chi connectivity index (χ0) is 22.5. The molecule has 8 nitrogen and oxygen atoms in total. The largest absolute Gasteiger partial charge is 0.449 e. The lowest BCUT2D eigenvalue weighted by Crippen LogP contribution is -2.36. The van der Waals surface area contributed by atoms with Crippen LogP contribution in [0.5, 0.6) is 0 Å². The molecule has 0 saturated heterocycles. The number of benzene rings is 2. The number of aryl methyl sites for hydroxylation is 1. The van der Waals surface area contributed by atoms with E-state index in [2.05, 4.69) is 39.9 Å². The van der Waals surface area contributed by atoms with Crippen molar-refractivity contribution in [2.45, 2.75) is 19.4 Å². The van der Waals surface area contributed by atoms with Crippen LogP contribution in [0, 0.1) is 6.92 Å². The Morgan fingerprint density at radius 3 is 2.34 bits per heavy atom. The predicted octanol–water partition coefficient (Wildman–Crippen LogP) is 1.97. The van der Waals surface area contributed by atoms with Crippen LogP contribution in [-0.2, 0) is 11.3 Å². The number of nitrogens with zero attached hydrogens (tertiary/aromatic N) is 1. The number of hydrogen-bond acceptors (Lipinski definition) is 5. The van der Waals surface area contributed by atoms with Gasteiger partial charge in [0, 0.05) is 43.9 Å². The first-order valence-electron chi connectivity index (χ1n) is 10.6. The van der Waals surface area contributed by atoms with Crippen molar-refractivity contribution in [3.05, 3.63) is 92.3 Å². The molecule has 1 aliphatic carbocycles. The number of aromatic amines is 1. The molecule has 1 heterocycles. The van der Waals surface area contributed by atoms with Crippen molar-refractivity contribution in [1.82, 2.24) is 20.2 Å². The number of carbonyl (C=O) groups excluding carboxylic acids is 1. The van der Waals surface area contributed by atoms with E-state index < -0.39 is 11.8 Å². The number of carbonyl (C=O) groups is 1. The fraction of sp³-hybridized carbons (Fsp3) is 0.292. The fourth-order valence-electron chi connectivity index (χ4n) is 4.01. The first kappa shape index (κ1) is 21.6. The molecule has 32 heavy (non-hydrogen) atoms. The Bertz CT molecular complexity index is 1190. The molecule has 3 N–H and O–H groups in total. The van der Waals surface area contributed by atoms with Crippen LogP contribution in [0.3, 0.4) is 0 Å². The second kappa shape index (κ2) is 9.65. The molecular formula is C24H26N4O4. The number of fused-ring (bicyclic) bond motifs is 3. The van der Waals surface area contributed by atoms with E-state index in [1.807, 2.05) is 24.3 Å². The molecule has 0 unspecified atom stereocenters. The lowest BCUT2D eigenvalue weighted by atomic mass is 9.98. The normalized spacial score (nSPS) is 12.3. The summed E-state index contributed by atoms with van der Waals surface area (Å²) in [4.78, 5) is 37.6. The summed E-state index contributed by atoms with van der Waals surface area (Å²) in [6, 6.07) is 16.4. The highest BCUT2D eigenvalue weighted by Gasteiger charge is 2.28. The predicted molar refractivity (Wildman–Crippen MR) is 122 cm³/mol. The molecule has 8 heteroatoms. The van der Waals surface area contributed by atoms with E-state index >= 15 is 0 Å². The number of rotatable bonds is 8. The maximum atomic E-state index is 12.2. The van der Waals surface area contributed by atoms with Crippen molar-refractivity contribution in [2.24, 2.45) is 0 Å². The first-order valence-corrected chi connectivity index (χ1v) is 10.6. The van der Waals surface area contributed by atoms with Crippen molar-refractivity contribution < 1.29 is 9.53 Å². The van der Waals surface area contributed by atoms with Gasteiger partial charge in [-0.25, -0.2) is 9.59 Å². The number of H-pyrrole nitrogens is 1. The Morgan fingerprint density at radius 1 is 1.00 bits per heavy atom. The summed E-state index contributed by atoms with van der Waals surface area (Å²) in [6.07, 6.45) is 1.08. The molecule has 2 aromatic carbocycles. The van der Waals surface area contributed by atoms with E-state index in [1.165, 1.54) is 33.0 Å². The summed E-state index contributed by atoms with van der Waals surface area (Å²) in [5.74, 6) is 0.0327. The molecule has 0 spiro atoms. The number of nitrogens with one attached hydrogen (secondary N) is 3. The van der Waals surface area contributed by atoms with Gasteiger partial charge in [0.15, 0.2) is 0 Å². The third kappa shape index (κ3) is 4.65. The second-order valence-corrected chi connectivity index (χ2v) is 7.77. The summed E-state index contributed by atoms with van der Waals surface area (Å²) in [6.45, 7) is 3.80. The van der Waals surface area contributed by atoms with E-state index in [4.69, 9.17) is 4.74 Å². The fourth-order valence-corrected chi connectivity index (χ4v) is 4.01. The van der Waals surface area contributed by atoms with Crippen molar-refractivity contribution >= 4 is 6.09 Å². The van der Waals surface area contributed by atoms with E-state index in [9.17, 15) is 14.4 Å². The van der Waals surface area contributed by atoms with Gasteiger partial charge in [-0.2, -0.15) is 0 Å². The van der Waals surface area contributed by atoms with Crippen LogP contribution >= 0.6 is 0 Å². The first-order chi connectivity index (χ1) is 15.5. The van der Waals surface area contributed by atoms with E-state index in [0.717, 1.165) is 0 Å². The molecular weight excluding hydrogens is 408 g/mol. The maximum absolute atomic E-state index is 12.2. The van der Waals surface area contributed by atoms with Crippen LogP contribution in [0.4, 0.5) is 4.79 Å². The van der Waals surface area contributed by atoms with Crippen molar-refractivity contribution in [2.75, 3.05) is 26.2 Å². The molecule has 0 bridgehead atoms. The molecule has 0 aliphatic heterocycles. The molecule has 3 aromatic rings. The number of amides is 1. The van der Waals surface area contributed by atoms with Gasteiger partial charge in [0.1, 0.15) is 6.61 Å². The highest BCUT2D eigenvalue weighted by Crippen LogP contribution is 2.44. The van der Waals surface area contributed by atoms with Crippen molar-refractivity contribution in [1.29, 1.82) is 0 Å². The summed E-state index contributed by atoms with van der Waals surface area (Å²) in [5, 5.41) is 5.89. The molecule has 1 amide bonds. The molecule has 1 aliphatic rings. The van der Waals surface area contributed by atoms with E-state index in [1.54, 1.807) is 6.92 Å². The topological polar surface area (TPSA) is 105 Å². The SMILES string of the molecule is Cc1cn(CCNCCNC(=O)OCC2c3ccccc3-c3ccccc32)c(=O)[nH]c1=O. The van der Waals surface area contributed by atoms with Gasteiger partial charge in [-0.15, -0.1) is 0 Å². The van der Waals surface area contributed by atoms with E-state index in [-0.39, 0.29) is 18.1 Å². The van der Waals surface area contributed by atoms with Gasteiger partial charge in [0.25, 0.3) is 5.56 Å². The Labute approximate surface area is 185 Å². The summed E-state index contributed by atoms with van der Waals surface area (Å²) in [5.41, 5.74) is 4.43. The monoisotopic (exact) mass is 434 g/mol. The van der Waals surface area contributed by atoms with Crippen molar-refractivity contribution in [3.63, 3.8) is 0 Å².